The molecule has 0 radical (unpaired) electrons. The number of nitrogens with two attached hydrogens (primary N) is 1. The van der Waals surface area contributed by atoms with Crippen molar-refractivity contribution in [3.8, 4) is 17.1 Å². The van der Waals surface area contributed by atoms with E-state index in [0.29, 0.717) is 28.6 Å². The first kappa shape index (κ1) is 29.4. The van der Waals surface area contributed by atoms with E-state index in [1.807, 2.05) is 74.5 Å². The number of carbonyl (C=O) groups is 1. The zero-order chi connectivity index (χ0) is 29.6. The first-order valence-electron chi connectivity index (χ1n) is 13.4. The lowest BCUT2D eigenvalue weighted by atomic mass is 10.1. The molecule has 0 fully saturated rings. The summed E-state index contributed by atoms with van der Waals surface area (Å²) in [6, 6.07) is 20.7. The van der Waals surface area contributed by atoms with E-state index in [0.717, 1.165) is 22.2 Å². The highest BCUT2D eigenvalue weighted by molar-refractivity contribution is 5.96. The number of aliphatic hydroxyl groups is 1. The molecule has 1 amide bonds. The van der Waals surface area contributed by atoms with Crippen LogP contribution in [0.1, 0.15) is 40.2 Å². The van der Waals surface area contributed by atoms with Gasteiger partial charge in [0.05, 0.1) is 16.8 Å². The third-order valence-electron chi connectivity index (χ3n) is 5.76. The van der Waals surface area contributed by atoms with E-state index in [2.05, 4.69) is 16.0 Å². The third kappa shape index (κ3) is 8.23. The number of amides is 1. The molecule has 1 aromatic heterocycles. The maximum absolute atomic E-state index is 12.3. The van der Waals surface area contributed by atoms with Crippen LogP contribution in [0, 0.1) is 0 Å². The molecule has 4 rings (SSSR count). The minimum Gasteiger partial charge on any atom is -0.489 e. The summed E-state index contributed by atoms with van der Waals surface area (Å²) >= 11 is 0. The van der Waals surface area contributed by atoms with E-state index in [9.17, 15) is 9.90 Å². The van der Waals surface area contributed by atoms with Gasteiger partial charge in [-0.15, -0.1) is 0 Å². The Bertz CT molecular complexity index is 1530. The largest absolute Gasteiger partial charge is 0.489 e. The number of fused-ring (bicyclic) bond motifs is 1. The Hall–Kier alpha value is -4.54. The number of carbonyl (C=O) groups excluding carboxylic acids is 1. The average Bonchev–Trinajstić information content (AvgIpc) is 2.91. The Balaban J connectivity index is 1.61. The van der Waals surface area contributed by atoms with Crippen LogP contribution in [0.5, 0.6) is 5.75 Å². The Morgan fingerprint density at radius 3 is 2.56 bits per heavy atom. The van der Waals surface area contributed by atoms with Crippen LogP contribution in [-0.4, -0.2) is 51.9 Å². The van der Waals surface area contributed by atoms with Crippen molar-refractivity contribution in [2.75, 3.05) is 17.2 Å². The second-order valence-corrected chi connectivity index (χ2v) is 10.8. The zero-order valence-corrected chi connectivity index (χ0v) is 23.9. The maximum atomic E-state index is 12.3. The van der Waals surface area contributed by atoms with Gasteiger partial charge in [-0.05, 0) is 77.1 Å². The Morgan fingerprint density at radius 1 is 1.05 bits per heavy atom. The molecule has 1 atom stereocenters. The summed E-state index contributed by atoms with van der Waals surface area (Å²) in [5.74, 6) is 1.70. The summed E-state index contributed by atoms with van der Waals surface area (Å²) in [4.78, 5) is 21.9. The Labute approximate surface area is 239 Å². The van der Waals surface area contributed by atoms with Crippen LogP contribution in [-0.2, 0) is 4.74 Å². The van der Waals surface area contributed by atoms with Gasteiger partial charge in [0.1, 0.15) is 30.0 Å². The average molecular weight is 558 g/mol. The number of nitrogens with zero attached hydrogens (tertiary/aromatic N) is 2. The van der Waals surface area contributed by atoms with Crippen LogP contribution in [0.4, 0.5) is 22.0 Å². The first-order chi connectivity index (χ1) is 19.5. The van der Waals surface area contributed by atoms with Gasteiger partial charge in [0, 0.05) is 22.7 Å². The molecule has 6 N–H and O–H groups in total. The number of ether oxygens (including phenoxy) is 2. The summed E-state index contributed by atoms with van der Waals surface area (Å²) in [6.07, 6.45) is 0.0676. The zero-order valence-electron chi connectivity index (χ0n) is 23.9. The van der Waals surface area contributed by atoms with Crippen molar-refractivity contribution >= 4 is 40.4 Å². The predicted molar refractivity (Wildman–Crippen MR) is 161 cm³/mol. The van der Waals surface area contributed by atoms with Gasteiger partial charge in [0.25, 0.3) is 0 Å². The fourth-order valence-electron chi connectivity index (χ4n) is 4.08. The van der Waals surface area contributed by atoms with E-state index < -0.39 is 17.9 Å². The lowest BCUT2D eigenvalue weighted by Gasteiger charge is -2.20. The molecule has 0 bridgehead atoms. The smallest absolute Gasteiger partial charge is 0.412 e. The topological polar surface area (TPSA) is 143 Å². The van der Waals surface area contributed by atoms with Crippen LogP contribution in [0.15, 0.2) is 66.7 Å². The molecule has 3 aromatic carbocycles. The number of hydrogen-bond acceptors (Lipinski definition) is 8. The molecule has 0 saturated heterocycles. The van der Waals surface area contributed by atoms with Gasteiger partial charge < -0.3 is 19.9 Å². The molecule has 41 heavy (non-hydrogen) atoms. The van der Waals surface area contributed by atoms with Gasteiger partial charge in [-0.3, -0.25) is 16.0 Å². The van der Waals surface area contributed by atoms with Gasteiger partial charge in [-0.1, -0.05) is 24.3 Å². The van der Waals surface area contributed by atoms with Crippen molar-refractivity contribution in [1.29, 1.82) is 0 Å². The number of para-hydroxylation sites is 1. The normalized spacial score (nSPS) is 12.2. The molecule has 214 valence electrons. The molecule has 1 heterocycles. The van der Waals surface area contributed by atoms with Crippen LogP contribution < -0.4 is 26.1 Å². The minimum atomic E-state index is -0.784. The van der Waals surface area contributed by atoms with Crippen molar-refractivity contribution < 1.29 is 24.8 Å². The molecule has 0 aliphatic carbocycles. The highest BCUT2D eigenvalue weighted by atomic mass is 16.6. The molecular formula is C31H37N6O4+. The lowest BCUT2D eigenvalue weighted by molar-refractivity contribution is -0.104. The van der Waals surface area contributed by atoms with Crippen molar-refractivity contribution in [2.45, 2.75) is 52.5 Å². The molecule has 10 heteroatoms. The molecule has 0 aliphatic rings. The predicted octanol–water partition coefficient (Wildman–Crippen LogP) is 4.26. The van der Waals surface area contributed by atoms with Crippen LogP contribution in [0.3, 0.4) is 0 Å². The Kier molecular flexibility index (Phi) is 9.16. The number of anilines is 3. The van der Waals surface area contributed by atoms with E-state index in [1.54, 1.807) is 26.8 Å². The summed E-state index contributed by atoms with van der Waals surface area (Å²) < 4.78 is 11.2. The van der Waals surface area contributed by atoms with Crippen LogP contribution in [0.25, 0.3) is 22.3 Å². The van der Waals surface area contributed by atoms with Gasteiger partial charge >= 0.3 is 6.09 Å². The van der Waals surface area contributed by atoms with E-state index in [1.165, 1.54) is 6.21 Å². The fourth-order valence-corrected chi connectivity index (χ4v) is 4.08. The number of hydrogen-bond donors (Lipinski definition) is 5. The standard InChI is InChI=1S/C31H36N6O4/c1-19(2)33-27(38)18-40-23-10-8-9-20(16-23)28-35-26-12-7-6-11-24(26)29(37-28)34-22-13-14-25(21(15-22)17-32)36-30(39)41-31(3,4)5/h6-17,19,27,32-33,38H,18H2,1-5H3,(H,36,39)(H,34,35,37)/p+1. The highest BCUT2D eigenvalue weighted by Gasteiger charge is 2.18. The summed E-state index contributed by atoms with van der Waals surface area (Å²) in [5, 5.41) is 25.9. The molecule has 0 saturated carbocycles. The van der Waals surface area contributed by atoms with Crippen LogP contribution >= 0.6 is 0 Å². The third-order valence-corrected chi connectivity index (χ3v) is 5.76. The molecule has 0 spiro atoms. The van der Waals surface area contributed by atoms with Gasteiger partial charge in [-0.25, -0.2) is 14.8 Å². The Morgan fingerprint density at radius 2 is 1.83 bits per heavy atom. The SMILES string of the molecule is CC(C)NC(O)COc1cccc(-c2nc(Nc3ccc(NC(=O)OC(C)(C)C)c(C=[NH2+])c3)c3ccccc3n2)c1. The van der Waals surface area contributed by atoms with E-state index >= 15 is 0 Å². The molecule has 10 nitrogen and oxygen atoms in total. The second-order valence-electron chi connectivity index (χ2n) is 10.8. The summed E-state index contributed by atoms with van der Waals surface area (Å²) in [7, 11) is 0. The highest BCUT2D eigenvalue weighted by Crippen LogP contribution is 2.30. The lowest BCUT2D eigenvalue weighted by Crippen LogP contribution is -2.38. The number of aromatic nitrogens is 2. The minimum absolute atomic E-state index is 0.103. The van der Waals surface area contributed by atoms with E-state index in [4.69, 9.17) is 24.9 Å². The molecular weight excluding hydrogens is 520 g/mol. The summed E-state index contributed by atoms with van der Waals surface area (Å²) in [6.45, 7) is 9.42. The maximum Gasteiger partial charge on any atom is 0.412 e. The van der Waals surface area contributed by atoms with Crippen molar-refractivity contribution in [2.24, 2.45) is 0 Å². The van der Waals surface area contributed by atoms with Gasteiger partial charge in [0.2, 0.25) is 0 Å². The first-order valence-corrected chi connectivity index (χ1v) is 13.4. The van der Waals surface area contributed by atoms with Crippen molar-refractivity contribution in [1.82, 2.24) is 15.3 Å². The van der Waals surface area contributed by atoms with Gasteiger partial charge in [0.15, 0.2) is 12.0 Å². The number of benzene rings is 3. The molecule has 1 unspecified atom stereocenters. The van der Waals surface area contributed by atoms with Gasteiger partial charge in [-0.2, -0.15) is 0 Å². The van der Waals surface area contributed by atoms with E-state index in [-0.39, 0.29) is 12.6 Å². The quantitative estimate of drug-likeness (QED) is 0.144. The van der Waals surface area contributed by atoms with Crippen molar-refractivity contribution in [3.05, 3.63) is 72.3 Å². The molecule has 4 aromatic rings. The number of nitrogens with one attached hydrogen (secondary N) is 3. The fraction of sp³-hybridized carbons (Fsp3) is 0.290. The molecule has 0 aliphatic heterocycles. The van der Waals surface area contributed by atoms with Crippen LogP contribution in [0.2, 0.25) is 0 Å². The summed E-state index contributed by atoms with van der Waals surface area (Å²) in [5.41, 5.74) is 2.74. The monoisotopic (exact) mass is 557 g/mol. The van der Waals surface area contributed by atoms with Crippen molar-refractivity contribution in [3.63, 3.8) is 0 Å². The second kappa shape index (κ2) is 12.8. The number of aliphatic hydroxyl groups excluding tert-OH is 1. The number of rotatable bonds is 10.